The molecule has 178 valence electrons. The molecule has 0 spiro atoms. The third-order valence-electron chi connectivity index (χ3n) is 7.00. The van der Waals surface area contributed by atoms with E-state index < -0.39 is 11.7 Å². The number of alkyl halides is 3. The molecule has 3 fully saturated rings. The monoisotopic (exact) mass is 462 g/mol. The van der Waals surface area contributed by atoms with Gasteiger partial charge in [-0.05, 0) is 55.4 Å². The Morgan fingerprint density at radius 3 is 2.64 bits per heavy atom. The molecule has 3 aliphatic rings. The van der Waals surface area contributed by atoms with Gasteiger partial charge in [-0.25, -0.2) is 0 Å². The number of anilines is 1. The molecule has 1 aliphatic carbocycles. The Morgan fingerprint density at radius 2 is 1.91 bits per heavy atom. The molecular formula is C24H29F3N4O2. The zero-order chi connectivity index (χ0) is 23.0. The van der Waals surface area contributed by atoms with Gasteiger partial charge in [0.2, 0.25) is 5.91 Å². The minimum atomic E-state index is -4.46. The van der Waals surface area contributed by atoms with E-state index in [0.29, 0.717) is 43.5 Å². The Bertz CT molecular complexity index is 1000. The number of ether oxygens (including phenoxy) is 1. The number of hydrogen-bond donors (Lipinski definition) is 1. The Hall–Kier alpha value is -2.39. The lowest BCUT2D eigenvalue weighted by molar-refractivity contribution is -0.136. The van der Waals surface area contributed by atoms with Gasteiger partial charge in [-0.15, -0.1) is 0 Å². The van der Waals surface area contributed by atoms with Gasteiger partial charge in [0.05, 0.1) is 30.8 Å². The number of pyridine rings is 1. The van der Waals surface area contributed by atoms with Crippen molar-refractivity contribution in [2.45, 2.75) is 31.5 Å². The SMILES string of the molecule is O=C(CN1CCOCC1)NC1CC(C2CC2)CN(c2ccc(C(F)(F)F)c3ncccc23)C1. The summed E-state index contributed by atoms with van der Waals surface area (Å²) in [6, 6.07) is 6.05. The number of morpholine rings is 1. The van der Waals surface area contributed by atoms with Gasteiger partial charge < -0.3 is 15.0 Å². The van der Waals surface area contributed by atoms with Gasteiger partial charge in [-0.1, -0.05) is 0 Å². The molecule has 3 heterocycles. The fraction of sp³-hybridized carbons (Fsp3) is 0.583. The molecule has 9 heteroatoms. The standard InChI is InChI=1S/C24H29F3N4O2/c25-24(26,27)20-5-6-21(19-2-1-7-28-23(19)20)31-13-17(16-3-4-16)12-18(14-31)29-22(32)15-30-8-10-33-11-9-30/h1-2,5-7,16-18H,3-4,8-15H2,(H,29,32). The van der Waals surface area contributed by atoms with Crippen molar-refractivity contribution in [1.29, 1.82) is 0 Å². The number of carbonyl (C=O) groups excluding carboxylic acids is 1. The first-order valence-electron chi connectivity index (χ1n) is 11.7. The third-order valence-corrected chi connectivity index (χ3v) is 7.00. The molecule has 33 heavy (non-hydrogen) atoms. The molecule has 2 atom stereocenters. The van der Waals surface area contributed by atoms with Crippen LogP contribution in [-0.4, -0.2) is 67.8 Å². The summed E-state index contributed by atoms with van der Waals surface area (Å²) >= 11 is 0. The van der Waals surface area contributed by atoms with Crippen LogP contribution in [0.5, 0.6) is 0 Å². The highest BCUT2D eigenvalue weighted by atomic mass is 19.4. The van der Waals surface area contributed by atoms with Crippen molar-refractivity contribution in [2.24, 2.45) is 11.8 Å². The minimum absolute atomic E-state index is 0.00255. The molecule has 1 N–H and O–H groups in total. The first kappa shape index (κ1) is 22.4. The molecule has 1 saturated carbocycles. The molecule has 2 aromatic rings. The number of carbonyl (C=O) groups is 1. The molecule has 0 radical (unpaired) electrons. The third kappa shape index (κ3) is 5.09. The zero-order valence-corrected chi connectivity index (χ0v) is 18.5. The van der Waals surface area contributed by atoms with Gasteiger partial charge in [0.15, 0.2) is 0 Å². The highest BCUT2D eigenvalue weighted by molar-refractivity contribution is 5.94. The van der Waals surface area contributed by atoms with E-state index in [9.17, 15) is 18.0 Å². The van der Waals surface area contributed by atoms with Crippen LogP contribution in [0.15, 0.2) is 30.5 Å². The van der Waals surface area contributed by atoms with E-state index in [2.05, 4.69) is 20.1 Å². The van der Waals surface area contributed by atoms with Crippen molar-refractivity contribution < 1.29 is 22.7 Å². The fourth-order valence-electron chi connectivity index (χ4n) is 5.25. The molecule has 2 aliphatic heterocycles. The van der Waals surface area contributed by atoms with E-state index in [4.69, 9.17) is 4.74 Å². The summed E-state index contributed by atoms with van der Waals surface area (Å²) < 4.78 is 46.0. The van der Waals surface area contributed by atoms with Crippen molar-refractivity contribution >= 4 is 22.5 Å². The van der Waals surface area contributed by atoms with Crippen LogP contribution in [0.3, 0.4) is 0 Å². The number of aromatic nitrogens is 1. The first-order chi connectivity index (χ1) is 15.9. The van der Waals surface area contributed by atoms with E-state index in [1.807, 2.05) is 0 Å². The van der Waals surface area contributed by atoms with Gasteiger partial charge in [0, 0.05) is 49.5 Å². The van der Waals surface area contributed by atoms with Gasteiger partial charge in [-0.3, -0.25) is 14.7 Å². The van der Waals surface area contributed by atoms with E-state index in [1.54, 1.807) is 18.2 Å². The topological polar surface area (TPSA) is 57.7 Å². The summed E-state index contributed by atoms with van der Waals surface area (Å²) in [6.07, 6.45) is 0.218. The number of hydrogen-bond acceptors (Lipinski definition) is 5. The molecular weight excluding hydrogens is 433 g/mol. The number of nitrogens with zero attached hydrogens (tertiary/aromatic N) is 3. The second-order valence-corrected chi connectivity index (χ2v) is 9.42. The molecule has 1 aromatic carbocycles. The largest absolute Gasteiger partial charge is 0.418 e. The van der Waals surface area contributed by atoms with Crippen LogP contribution >= 0.6 is 0 Å². The highest BCUT2D eigenvalue weighted by Crippen LogP contribution is 2.43. The van der Waals surface area contributed by atoms with Crippen molar-refractivity contribution in [3.05, 3.63) is 36.0 Å². The first-order valence-corrected chi connectivity index (χ1v) is 11.7. The molecule has 0 bridgehead atoms. The summed E-state index contributed by atoms with van der Waals surface area (Å²) in [5.41, 5.74) is 0.0146. The lowest BCUT2D eigenvalue weighted by atomic mass is 9.89. The van der Waals surface area contributed by atoms with Crippen LogP contribution in [0.1, 0.15) is 24.8 Å². The van der Waals surface area contributed by atoms with Gasteiger partial charge >= 0.3 is 6.18 Å². The number of benzene rings is 1. The van der Waals surface area contributed by atoms with Crippen molar-refractivity contribution in [3.63, 3.8) is 0 Å². The number of fused-ring (bicyclic) bond motifs is 1. The predicted molar refractivity (Wildman–Crippen MR) is 119 cm³/mol. The van der Waals surface area contributed by atoms with Crippen LogP contribution in [0.4, 0.5) is 18.9 Å². The maximum atomic E-state index is 13.6. The van der Waals surface area contributed by atoms with E-state index in [-0.39, 0.29) is 17.5 Å². The summed E-state index contributed by atoms with van der Waals surface area (Å²) in [6.45, 7) is 4.50. The number of rotatable bonds is 5. The van der Waals surface area contributed by atoms with Gasteiger partial charge in [-0.2, -0.15) is 13.2 Å². The molecule has 5 rings (SSSR count). The average molecular weight is 463 g/mol. The highest BCUT2D eigenvalue weighted by Gasteiger charge is 2.39. The summed E-state index contributed by atoms with van der Waals surface area (Å²) in [4.78, 5) is 21.0. The summed E-state index contributed by atoms with van der Waals surface area (Å²) in [5, 5.41) is 3.71. The van der Waals surface area contributed by atoms with Crippen LogP contribution in [0, 0.1) is 11.8 Å². The van der Waals surface area contributed by atoms with Crippen LogP contribution in [-0.2, 0) is 15.7 Å². The maximum absolute atomic E-state index is 13.6. The second kappa shape index (κ2) is 9.10. The maximum Gasteiger partial charge on any atom is 0.418 e. The number of piperidine rings is 1. The molecule has 2 unspecified atom stereocenters. The summed E-state index contributed by atoms with van der Waals surface area (Å²) in [7, 11) is 0. The average Bonchev–Trinajstić information content (AvgIpc) is 3.63. The molecule has 1 aromatic heterocycles. The lowest BCUT2D eigenvalue weighted by Gasteiger charge is -2.40. The van der Waals surface area contributed by atoms with Crippen molar-refractivity contribution in [3.8, 4) is 0 Å². The molecule has 2 saturated heterocycles. The van der Waals surface area contributed by atoms with Crippen molar-refractivity contribution in [1.82, 2.24) is 15.2 Å². The minimum Gasteiger partial charge on any atom is -0.379 e. The van der Waals surface area contributed by atoms with E-state index >= 15 is 0 Å². The normalized spacial score (nSPS) is 24.8. The summed E-state index contributed by atoms with van der Waals surface area (Å²) in [5.74, 6) is 1.05. The Morgan fingerprint density at radius 1 is 1.12 bits per heavy atom. The molecule has 1 amide bonds. The molecule has 6 nitrogen and oxygen atoms in total. The number of amides is 1. The fourth-order valence-corrected chi connectivity index (χ4v) is 5.25. The zero-order valence-electron chi connectivity index (χ0n) is 18.5. The quantitative estimate of drug-likeness (QED) is 0.739. The van der Waals surface area contributed by atoms with E-state index in [0.717, 1.165) is 37.8 Å². The van der Waals surface area contributed by atoms with Crippen LogP contribution in [0.25, 0.3) is 10.9 Å². The predicted octanol–water partition coefficient (Wildman–Crippen LogP) is 3.31. The number of halogens is 3. The van der Waals surface area contributed by atoms with Crippen molar-refractivity contribution in [2.75, 3.05) is 50.8 Å². The second-order valence-electron chi connectivity index (χ2n) is 9.42. The Kier molecular flexibility index (Phi) is 6.18. The Labute approximate surface area is 191 Å². The lowest BCUT2D eigenvalue weighted by Crippen LogP contribution is -2.53. The van der Waals surface area contributed by atoms with Gasteiger partial charge in [0.1, 0.15) is 0 Å². The number of nitrogens with one attached hydrogen (secondary N) is 1. The Balaban J connectivity index is 1.37. The van der Waals surface area contributed by atoms with Crippen LogP contribution < -0.4 is 10.2 Å². The van der Waals surface area contributed by atoms with Gasteiger partial charge in [0.25, 0.3) is 0 Å². The smallest absolute Gasteiger partial charge is 0.379 e. The van der Waals surface area contributed by atoms with E-state index in [1.165, 1.54) is 19.0 Å². The van der Waals surface area contributed by atoms with Crippen LogP contribution in [0.2, 0.25) is 0 Å².